The van der Waals surface area contributed by atoms with Crippen molar-refractivity contribution in [3.8, 4) is 0 Å². The maximum absolute atomic E-state index is 12.1. The average Bonchev–Trinajstić information content (AvgIpc) is 2.94. The number of aliphatic hydroxyl groups excluding tert-OH is 1. The smallest absolute Gasteiger partial charge is 0.306 e. The average molecular weight is 553 g/mol. The lowest BCUT2D eigenvalue weighted by molar-refractivity contribution is -0.161. The Morgan fingerprint density at radius 2 is 0.949 bits per heavy atom. The molecular weight excluding hydrogens is 488 g/mol. The minimum atomic E-state index is -0.766. The molecule has 0 spiro atoms. The van der Waals surface area contributed by atoms with Gasteiger partial charge in [-0.2, -0.15) is 0 Å². The van der Waals surface area contributed by atoms with Crippen LogP contribution in [0.4, 0.5) is 0 Å². The molecule has 0 radical (unpaired) electrons. The van der Waals surface area contributed by atoms with Gasteiger partial charge in [0.2, 0.25) is 0 Å². The van der Waals surface area contributed by atoms with Gasteiger partial charge in [0.1, 0.15) is 6.61 Å². The number of aliphatic hydroxyl groups is 1. The van der Waals surface area contributed by atoms with E-state index >= 15 is 0 Å². The Kier molecular flexibility index (Phi) is 30.1. The lowest BCUT2D eigenvalue weighted by Gasteiger charge is -2.15. The van der Waals surface area contributed by atoms with Crippen LogP contribution in [-0.2, 0) is 19.1 Å². The predicted molar refractivity (Wildman–Crippen MR) is 164 cm³/mol. The molecule has 0 amide bonds. The highest BCUT2D eigenvalue weighted by atomic mass is 16.6. The van der Waals surface area contributed by atoms with E-state index in [1.165, 1.54) is 103 Å². The van der Waals surface area contributed by atoms with Gasteiger partial charge in [-0.3, -0.25) is 9.59 Å². The molecule has 0 rings (SSSR count). The van der Waals surface area contributed by atoms with Crippen molar-refractivity contribution in [3.63, 3.8) is 0 Å². The summed E-state index contributed by atoms with van der Waals surface area (Å²) in [5, 5.41) is 9.49. The van der Waals surface area contributed by atoms with Crippen LogP contribution in [0.3, 0.4) is 0 Å². The first kappa shape index (κ1) is 37.6. The Balaban J connectivity index is 3.58. The summed E-state index contributed by atoms with van der Waals surface area (Å²) in [6, 6.07) is 0. The molecule has 5 nitrogen and oxygen atoms in total. The number of rotatable bonds is 30. The minimum absolute atomic E-state index is 0.0640. The zero-order valence-electron chi connectivity index (χ0n) is 25.9. The van der Waals surface area contributed by atoms with E-state index in [4.69, 9.17) is 9.47 Å². The Labute approximate surface area is 241 Å². The van der Waals surface area contributed by atoms with Crippen LogP contribution in [-0.4, -0.2) is 36.4 Å². The molecule has 0 aromatic rings. The van der Waals surface area contributed by atoms with Crippen LogP contribution in [0.2, 0.25) is 0 Å². The van der Waals surface area contributed by atoms with Crippen molar-refractivity contribution in [2.24, 2.45) is 0 Å². The third-order valence-electron chi connectivity index (χ3n) is 7.31. The summed E-state index contributed by atoms with van der Waals surface area (Å²) >= 11 is 0. The van der Waals surface area contributed by atoms with Gasteiger partial charge in [-0.1, -0.05) is 135 Å². The van der Waals surface area contributed by atoms with Gasteiger partial charge in [-0.05, 0) is 38.5 Å². The molecule has 0 aromatic carbocycles. The fraction of sp³-hybridized carbons (Fsp3) is 0.882. The van der Waals surface area contributed by atoms with Gasteiger partial charge in [0.05, 0.1) is 6.61 Å². The summed E-state index contributed by atoms with van der Waals surface area (Å²) in [4.78, 5) is 24.1. The molecule has 0 aliphatic heterocycles. The fourth-order valence-corrected chi connectivity index (χ4v) is 4.72. The highest BCUT2D eigenvalue weighted by Gasteiger charge is 2.16. The predicted octanol–water partition coefficient (Wildman–Crippen LogP) is 9.78. The van der Waals surface area contributed by atoms with Crippen LogP contribution in [0.1, 0.15) is 174 Å². The van der Waals surface area contributed by atoms with Crippen LogP contribution in [0.15, 0.2) is 12.2 Å². The number of ether oxygens (including phenoxy) is 2. The maximum atomic E-state index is 12.1. The highest BCUT2D eigenvalue weighted by Crippen LogP contribution is 2.13. The summed E-state index contributed by atoms with van der Waals surface area (Å²) in [5.74, 6) is -0.597. The molecular formula is C34H64O5. The summed E-state index contributed by atoms with van der Waals surface area (Å²) < 4.78 is 10.5. The van der Waals surface area contributed by atoms with Crippen molar-refractivity contribution in [2.45, 2.75) is 180 Å². The van der Waals surface area contributed by atoms with E-state index in [1.807, 2.05) is 0 Å². The number of esters is 2. The molecule has 1 atom stereocenters. The number of hydrogen-bond donors (Lipinski definition) is 1. The molecule has 5 heteroatoms. The lowest BCUT2D eigenvalue weighted by Crippen LogP contribution is -2.28. The molecule has 0 saturated carbocycles. The van der Waals surface area contributed by atoms with Crippen LogP contribution in [0.5, 0.6) is 0 Å². The van der Waals surface area contributed by atoms with Crippen LogP contribution >= 0.6 is 0 Å². The van der Waals surface area contributed by atoms with Gasteiger partial charge in [0.15, 0.2) is 6.10 Å². The van der Waals surface area contributed by atoms with E-state index < -0.39 is 6.10 Å². The summed E-state index contributed by atoms with van der Waals surface area (Å²) in [6.45, 7) is 4.10. The highest BCUT2D eigenvalue weighted by molar-refractivity contribution is 5.70. The van der Waals surface area contributed by atoms with Crippen molar-refractivity contribution in [1.82, 2.24) is 0 Å². The molecule has 0 aliphatic rings. The molecule has 0 saturated heterocycles. The first-order chi connectivity index (χ1) is 19.1. The number of carbonyl (C=O) groups is 2. The Bertz CT molecular complexity index is 560. The largest absolute Gasteiger partial charge is 0.462 e. The molecule has 0 heterocycles. The molecule has 0 bridgehead atoms. The van der Waals surface area contributed by atoms with Gasteiger partial charge in [-0.25, -0.2) is 0 Å². The van der Waals surface area contributed by atoms with Crippen molar-refractivity contribution in [3.05, 3.63) is 12.2 Å². The van der Waals surface area contributed by atoms with E-state index in [0.29, 0.717) is 12.8 Å². The second-order valence-corrected chi connectivity index (χ2v) is 11.2. The zero-order valence-corrected chi connectivity index (χ0v) is 25.9. The monoisotopic (exact) mass is 552 g/mol. The van der Waals surface area contributed by atoms with E-state index in [1.54, 1.807) is 0 Å². The maximum Gasteiger partial charge on any atom is 0.306 e. The topological polar surface area (TPSA) is 72.8 Å². The molecule has 39 heavy (non-hydrogen) atoms. The fourth-order valence-electron chi connectivity index (χ4n) is 4.72. The second-order valence-electron chi connectivity index (χ2n) is 11.2. The molecule has 1 N–H and O–H groups in total. The minimum Gasteiger partial charge on any atom is -0.462 e. The van der Waals surface area contributed by atoms with Gasteiger partial charge in [0, 0.05) is 12.8 Å². The molecule has 0 aromatic heterocycles. The number of unbranched alkanes of at least 4 members (excludes halogenated alkanes) is 20. The van der Waals surface area contributed by atoms with E-state index in [0.717, 1.165) is 44.9 Å². The zero-order chi connectivity index (χ0) is 28.7. The van der Waals surface area contributed by atoms with Crippen molar-refractivity contribution in [2.75, 3.05) is 13.2 Å². The van der Waals surface area contributed by atoms with E-state index in [-0.39, 0.29) is 25.2 Å². The van der Waals surface area contributed by atoms with Crippen molar-refractivity contribution >= 4 is 11.9 Å². The summed E-state index contributed by atoms with van der Waals surface area (Å²) in [5.41, 5.74) is 0. The molecule has 0 unspecified atom stereocenters. The number of allylic oxidation sites excluding steroid dienone is 2. The standard InChI is InChI=1S/C34H64O5/c1-3-5-7-9-11-13-15-17-19-21-23-25-27-29-34(37)39-32(30-35)31-38-33(36)28-26-24-22-20-18-16-14-12-10-8-6-4-2/h13,15,32,35H,3-12,14,16-31H2,1-2H3/b15-13+/t32-/m0/s1. The van der Waals surface area contributed by atoms with Crippen molar-refractivity contribution in [1.29, 1.82) is 0 Å². The molecule has 0 aliphatic carbocycles. The van der Waals surface area contributed by atoms with Crippen molar-refractivity contribution < 1.29 is 24.2 Å². The van der Waals surface area contributed by atoms with Crippen LogP contribution in [0.25, 0.3) is 0 Å². The van der Waals surface area contributed by atoms with Gasteiger partial charge in [0.25, 0.3) is 0 Å². The van der Waals surface area contributed by atoms with Crippen LogP contribution < -0.4 is 0 Å². The first-order valence-electron chi connectivity index (χ1n) is 16.7. The molecule has 0 fully saturated rings. The normalized spacial score (nSPS) is 12.2. The summed E-state index contributed by atoms with van der Waals surface area (Å²) in [7, 11) is 0. The Morgan fingerprint density at radius 1 is 0.564 bits per heavy atom. The lowest BCUT2D eigenvalue weighted by atomic mass is 10.0. The third kappa shape index (κ3) is 29.4. The second kappa shape index (κ2) is 31.2. The Hall–Kier alpha value is -1.36. The van der Waals surface area contributed by atoms with Crippen LogP contribution in [0, 0.1) is 0 Å². The van der Waals surface area contributed by atoms with Gasteiger partial charge in [-0.15, -0.1) is 0 Å². The number of hydrogen-bond acceptors (Lipinski definition) is 5. The quantitative estimate of drug-likeness (QED) is 0.0545. The third-order valence-corrected chi connectivity index (χ3v) is 7.31. The van der Waals surface area contributed by atoms with Gasteiger partial charge >= 0.3 is 11.9 Å². The summed E-state index contributed by atoms with van der Waals surface area (Å²) in [6.07, 6.45) is 32.6. The van der Waals surface area contributed by atoms with E-state index in [9.17, 15) is 14.7 Å². The molecule has 230 valence electrons. The Morgan fingerprint density at radius 3 is 1.41 bits per heavy atom. The SMILES string of the molecule is CCCCCC/C=C/CCCCCCCC(=O)O[C@@H](CO)COC(=O)CCCCCCCCCCCCCC. The van der Waals surface area contributed by atoms with E-state index in [2.05, 4.69) is 26.0 Å². The van der Waals surface area contributed by atoms with Gasteiger partial charge < -0.3 is 14.6 Å². The first-order valence-corrected chi connectivity index (χ1v) is 16.7. The number of carbonyl (C=O) groups excluding carboxylic acids is 2.